The number of hydrogen-bond donors (Lipinski definition) is 3. The van der Waals surface area contributed by atoms with Gasteiger partial charge in [-0.15, -0.1) is 0 Å². The van der Waals surface area contributed by atoms with Crippen LogP contribution in [-0.4, -0.2) is 27.4 Å². The van der Waals surface area contributed by atoms with Gasteiger partial charge in [0.05, 0.1) is 22.8 Å². The summed E-state index contributed by atoms with van der Waals surface area (Å²) in [7, 11) is 0. The molecule has 1 aromatic carbocycles. The highest BCUT2D eigenvalue weighted by atomic mass is 19.1. The first-order valence-electron chi connectivity index (χ1n) is 9.61. The zero-order chi connectivity index (χ0) is 21.3. The topological polar surface area (TPSA) is 130 Å². The number of hydrogen-bond acceptors (Lipinski definition) is 7. The lowest BCUT2D eigenvalue weighted by molar-refractivity contribution is 0.0950. The van der Waals surface area contributed by atoms with E-state index in [9.17, 15) is 14.4 Å². The van der Waals surface area contributed by atoms with Crippen LogP contribution in [0.5, 0.6) is 0 Å². The molecule has 2 aromatic heterocycles. The Morgan fingerprint density at radius 2 is 2.17 bits per heavy atom. The molecule has 0 bridgehead atoms. The molecule has 152 valence electrons. The summed E-state index contributed by atoms with van der Waals surface area (Å²) >= 11 is 0. The molecule has 9 heteroatoms. The smallest absolute Gasteiger partial charge is 0.253 e. The fraction of sp³-hybridized carbons (Fsp3) is 0.286. The van der Waals surface area contributed by atoms with Gasteiger partial charge in [0.15, 0.2) is 0 Å². The number of aromatic nitrogens is 3. The van der Waals surface area contributed by atoms with Crippen molar-refractivity contribution in [3.05, 3.63) is 53.2 Å². The highest BCUT2D eigenvalue weighted by molar-refractivity contribution is 5.99. The van der Waals surface area contributed by atoms with E-state index in [1.54, 1.807) is 19.1 Å². The maximum absolute atomic E-state index is 13.7. The SMILES string of the molecule is C[C@H](Nc1ncnc(N)c1C#N)c1nc2ccc(F)cc2cc1C(=O)NCC1CC1. The van der Waals surface area contributed by atoms with Crippen LogP contribution in [0.2, 0.25) is 0 Å². The van der Waals surface area contributed by atoms with Crippen molar-refractivity contribution in [3.8, 4) is 6.07 Å². The number of carbonyl (C=O) groups excluding carboxylic acids is 1. The molecule has 1 saturated carbocycles. The normalized spacial score (nSPS) is 14.2. The molecule has 2 heterocycles. The van der Waals surface area contributed by atoms with Gasteiger partial charge in [0.1, 0.15) is 35.4 Å². The number of carbonyl (C=O) groups is 1. The second-order valence-corrected chi connectivity index (χ2v) is 7.37. The van der Waals surface area contributed by atoms with E-state index in [0.29, 0.717) is 34.6 Å². The molecule has 1 aliphatic carbocycles. The number of nitrogen functional groups attached to an aromatic ring is 1. The number of anilines is 2. The molecule has 8 nitrogen and oxygen atoms in total. The molecule has 4 N–H and O–H groups in total. The van der Waals surface area contributed by atoms with Crippen molar-refractivity contribution in [1.82, 2.24) is 20.3 Å². The summed E-state index contributed by atoms with van der Waals surface area (Å²) in [5, 5.41) is 15.9. The summed E-state index contributed by atoms with van der Waals surface area (Å²) in [6.07, 6.45) is 3.47. The number of nitrogens with two attached hydrogens (primary N) is 1. The van der Waals surface area contributed by atoms with Crippen molar-refractivity contribution >= 4 is 28.4 Å². The second kappa shape index (κ2) is 7.91. The molecule has 0 saturated heterocycles. The number of nitrogens with one attached hydrogen (secondary N) is 2. The standard InChI is InChI=1S/C21H20FN7O/c1-11(28-20-16(8-23)19(24)26-10-27-20)18-15(21(30)25-9-12-2-3-12)7-13-6-14(22)4-5-17(13)29-18/h4-7,10-12H,2-3,9H2,1H3,(H,25,30)(H3,24,26,27,28)/t11-/m0/s1. The van der Waals surface area contributed by atoms with Crippen LogP contribution in [0.1, 0.15) is 47.4 Å². The van der Waals surface area contributed by atoms with Crippen molar-refractivity contribution in [2.24, 2.45) is 5.92 Å². The van der Waals surface area contributed by atoms with Gasteiger partial charge in [-0.3, -0.25) is 4.79 Å². The molecule has 0 radical (unpaired) electrons. The Hall–Kier alpha value is -3.80. The monoisotopic (exact) mass is 405 g/mol. The molecule has 4 rings (SSSR count). The van der Waals surface area contributed by atoms with Gasteiger partial charge in [-0.25, -0.2) is 19.3 Å². The first kappa shape index (κ1) is 19.5. The first-order chi connectivity index (χ1) is 14.5. The van der Waals surface area contributed by atoms with E-state index in [1.807, 2.05) is 6.07 Å². The van der Waals surface area contributed by atoms with Crippen LogP contribution in [0, 0.1) is 23.1 Å². The van der Waals surface area contributed by atoms with Gasteiger partial charge in [-0.05, 0) is 49.9 Å². The highest BCUT2D eigenvalue weighted by Gasteiger charge is 2.25. The maximum atomic E-state index is 13.7. The predicted molar refractivity (Wildman–Crippen MR) is 110 cm³/mol. The fourth-order valence-electron chi connectivity index (χ4n) is 3.22. The van der Waals surface area contributed by atoms with Crippen molar-refractivity contribution in [3.63, 3.8) is 0 Å². The molecule has 0 unspecified atom stereocenters. The third-order valence-electron chi connectivity index (χ3n) is 5.05. The summed E-state index contributed by atoms with van der Waals surface area (Å²) in [6.45, 7) is 2.40. The molecule has 1 amide bonds. The molecule has 1 aliphatic rings. The third kappa shape index (κ3) is 3.98. The molecule has 30 heavy (non-hydrogen) atoms. The maximum Gasteiger partial charge on any atom is 0.253 e. The van der Waals surface area contributed by atoms with Crippen LogP contribution in [-0.2, 0) is 0 Å². The Balaban J connectivity index is 1.72. The number of halogens is 1. The highest BCUT2D eigenvalue weighted by Crippen LogP contribution is 2.29. The fourth-order valence-corrected chi connectivity index (χ4v) is 3.22. The lowest BCUT2D eigenvalue weighted by atomic mass is 10.0. The molecule has 0 spiro atoms. The minimum absolute atomic E-state index is 0.0616. The number of amides is 1. The number of benzene rings is 1. The number of nitriles is 1. The van der Waals surface area contributed by atoms with Crippen LogP contribution in [0.25, 0.3) is 10.9 Å². The molecule has 0 aliphatic heterocycles. The van der Waals surface area contributed by atoms with E-state index in [4.69, 9.17) is 5.73 Å². The summed E-state index contributed by atoms with van der Waals surface area (Å²) in [6, 6.07) is 7.37. The van der Waals surface area contributed by atoms with E-state index < -0.39 is 11.9 Å². The van der Waals surface area contributed by atoms with E-state index in [-0.39, 0.29) is 23.1 Å². The van der Waals surface area contributed by atoms with Gasteiger partial charge in [0.25, 0.3) is 5.91 Å². The quantitative estimate of drug-likeness (QED) is 0.575. The number of nitrogens with zero attached hydrogens (tertiary/aromatic N) is 4. The molecular formula is C21H20FN7O. The van der Waals surface area contributed by atoms with Gasteiger partial charge < -0.3 is 16.4 Å². The van der Waals surface area contributed by atoms with Crippen LogP contribution in [0.4, 0.5) is 16.0 Å². The van der Waals surface area contributed by atoms with E-state index in [2.05, 4.69) is 25.6 Å². The van der Waals surface area contributed by atoms with Gasteiger partial charge in [0.2, 0.25) is 0 Å². The molecule has 1 atom stereocenters. The summed E-state index contributed by atoms with van der Waals surface area (Å²) in [4.78, 5) is 25.4. The number of pyridine rings is 1. The zero-order valence-corrected chi connectivity index (χ0v) is 16.3. The van der Waals surface area contributed by atoms with Crippen molar-refractivity contribution in [2.75, 3.05) is 17.6 Å². The Bertz CT molecular complexity index is 1170. The largest absolute Gasteiger partial charge is 0.382 e. The Labute approximate surface area is 172 Å². The summed E-state index contributed by atoms with van der Waals surface area (Å²) in [5.41, 5.74) is 7.24. The lowest BCUT2D eigenvalue weighted by Crippen LogP contribution is -2.28. The Morgan fingerprint density at radius 3 is 2.90 bits per heavy atom. The van der Waals surface area contributed by atoms with Crippen molar-refractivity contribution in [1.29, 1.82) is 5.26 Å². The van der Waals surface area contributed by atoms with Crippen molar-refractivity contribution < 1.29 is 9.18 Å². The zero-order valence-electron chi connectivity index (χ0n) is 16.3. The third-order valence-corrected chi connectivity index (χ3v) is 5.05. The predicted octanol–water partition coefficient (Wildman–Crippen LogP) is 2.93. The summed E-state index contributed by atoms with van der Waals surface area (Å²) < 4.78 is 13.7. The van der Waals surface area contributed by atoms with Crippen LogP contribution in [0.15, 0.2) is 30.6 Å². The van der Waals surface area contributed by atoms with E-state index in [0.717, 1.165) is 12.8 Å². The lowest BCUT2D eigenvalue weighted by Gasteiger charge is -2.19. The van der Waals surface area contributed by atoms with Crippen molar-refractivity contribution in [2.45, 2.75) is 25.8 Å². The minimum atomic E-state index is -0.484. The summed E-state index contributed by atoms with van der Waals surface area (Å²) in [5.74, 6) is 0.157. The van der Waals surface area contributed by atoms with Gasteiger partial charge in [-0.1, -0.05) is 0 Å². The molecule has 3 aromatic rings. The van der Waals surface area contributed by atoms with Gasteiger partial charge >= 0.3 is 0 Å². The van der Waals surface area contributed by atoms with E-state index >= 15 is 0 Å². The second-order valence-electron chi connectivity index (χ2n) is 7.37. The van der Waals surface area contributed by atoms with Gasteiger partial charge in [0, 0.05) is 11.9 Å². The average molecular weight is 405 g/mol. The Morgan fingerprint density at radius 1 is 1.37 bits per heavy atom. The number of rotatable bonds is 6. The van der Waals surface area contributed by atoms with Crippen LogP contribution < -0.4 is 16.4 Å². The van der Waals surface area contributed by atoms with Crippen LogP contribution >= 0.6 is 0 Å². The van der Waals surface area contributed by atoms with Crippen LogP contribution in [0.3, 0.4) is 0 Å². The molecule has 1 fully saturated rings. The average Bonchev–Trinajstić information content (AvgIpc) is 3.55. The minimum Gasteiger partial charge on any atom is -0.382 e. The number of fused-ring (bicyclic) bond motifs is 1. The van der Waals surface area contributed by atoms with E-state index in [1.165, 1.54) is 18.5 Å². The van der Waals surface area contributed by atoms with Gasteiger partial charge in [-0.2, -0.15) is 5.26 Å². The Kier molecular flexibility index (Phi) is 5.14. The molecular weight excluding hydrogens is 385 g/mol. The first-order valence-corrected chi connectivity index (χ1v) is 9.61.